The van der Waals surface area contributed by atoms with Crippen molar-refractivity contribution in [3.8, 4) is 6.07 Å². The van der Waals surface area contributed by atoms with Gasteiger partial charge in [-0.1, -0.05) is 18.2 Å². The first-order valence-electron chi connectivity index (χ1n) is 7.90. The van der Waals surface area contributed by atoms with Crippen molar-refractivity contribution in [1.29, 1.82) is 5.26 Å². The van der Waals surface area contributed by atoms with Crippen LogP contribution >= 0.6 is 0 Å². The SMILES string of the molecule is CN(C)c1ccc([C@@H]2C(C#N)=C(O)NC(=O)[C@@H]2[n+]2ccccc2)cc1. The first-order chi connectivity index (χ1) is 12.0. The number of rotatable bonds is 3. The largest absolute Gasteiger partial charge is 0.494 e. The van der Waals surface area contributed by atoms with Crippen LogP contribution in [0, 0.1) is 11.3 Å². The van der Waals surface area contributed by atoms with Gasteiger partial charge in [-0.05, 0) is 17.7 Å². The van der Waals surface area contributed by atoms with Gasteiger partial charge in [0.2, 0.25) is 11.9 Å². The van der Waals surface area contributed by atoms with Crippen molar-refractivity contribution in [1.82, 2.24) is 5.32 Å². The molecule has 2 atom stereocenters. The Hall–Kier alpha value is -3.33. The summed E-state index contributed by atoms with van der Waals surface area (Å²) < 4.78 is 1.75. The summed E-state index contributed by atoms with van der Waals surface area (Å²) in [4.78, 5) is 14.6. The number of allylic oxidation sites excluding steroid dienone is 1. The number of aliphatic hydroxyl groups excluding tert-OH is 1. The molecule has 0 bridgehead atoms. The Bertz CT molecular complexity index is 851. The average Bonchev–Trinajstić information content (AvgIpc) is 2.62. The van der Waals surface area contributed by atoms with Gasteiger partial charge in [-0.25, -0.2) is 0 Å². The third-order valence-corrected chi connectivity index (χ3v) is 4.34. The molecule has 0 fully saturated rings. The second-order valence-electron chi connectivity index (χ2n) is 6.09. The van der Waals surface area contributed by atoms with Crippen LogP contribution in [0.5, 0.6) is 0 Å². The lowest BCUT2D eigenvalue weighted by Gasteiger charge is -2.27. The minimum Gasteiger partial charge on any atom is -0.494 e. The minimum absolute atomic E-state index is 0.151. The zero-order chi connectivity index (χ0) is 18.0. The number of amides is 1. The summed E-state index contributed by atoms with van der Waals surface area (Å²) in [6.07, 6.45) is 3.56. The van der Waals surface area contributed by atoms with Crippen LogP contribution in [0.1, 0.15) is 17.5 Å². The first kappa shape index (κ1) is 16.5. The quantitative estimate of drug-likeness (QED) is 0.838. The fourth-order valence-electron chi connectivity index (χ4n) is 3.07. The molecule has 126 valence electrons. The van der Waals surface area contributed by atoms with E-state index in [2.05, 4.69) is 11.4 Å². The van der Waals surface area contributed by atoms with Crippen LogP contribution in [-0.2, 0) is 4.79 Å². The number of nitrogens with zero attached hydrogens (tertiary/aromatic N) is 3. The second-order valence-corrected chi connectivity index (χ2v) is 6.09. The van der Waals surface area contributed by atoms with Gasteiger partial charge in [0.05, 0.1) is 5.92 Å². The number of aromatic nitrogens is 1. The summed E-state index contributed by atoms with van der Waals surface area (Å²) >= 11 is 0. The zero-order valence-electron chi connectivity index (χ0n) is 14.0. The van der Waals surface area contributed by atoms with Crippen molar-refractivity contribution in [3.63, 3.8) is 0 Å². The molecule has 0 saturated heterocycles. The number of pyridine rings is 1. The van der Waals surface area contributed by atoms with E-state index in [0.717, 1.165) is 11.3 Å². The third kappa shape index (κ3) is 3.04. The smallest absolute Gasteiger partial charge is 0.296 e. The normalized spacial score (nSPS) is 20.0. The van der Waals surface area contributed by atoms with Gasteiger partial charge in [0.1, 0.15) is 11.6 Å². The molecule has 25 heavy (non-hydrogen) atoms. The van der Waals surface area contributed by atoms with Gasteiger partial charge in [0.15, 0.2) is 12.4 Å². The maximum Gasteiger partial charge on any atom is 0.296 e. The molecule has 1 aliphatic rings. The van der Waals surface area contributed by atoms with Crippen LogP contribution in [0.4, 0.5) is 5.69 Å². The molecule has 1 amide bonds. The van der Waals surface area contributed by atoms with E-state index in [1.165, 1.54) is 0 Å². The number of nitriles is 1. The van der Waals surface area contributed by atoms with Crippen molar-refractivity contribution < 1.29 is 14.5 Å². The highest BCUT2D eigenvalue weighted by Gasteiger charge is 2.45. The number of anilines is 1. The van der Waals surface area contributed by atoms with Crippen molar-refractivity contribution in [2.45, 2.75) is 12.0 Å². The number of carbonyl (C=O) groups is 1. The molecule has 0 saturated carbocycles. The van der Waals surface area contributed by atoms with Crippen LogP contribution in [0.25, 0.3) is 0 Å². The lowest BCUT2D eigenvalue weighted by molar-refractivity contribution is -0.711. The lowest BCUT2D eigenvalue weighted by Crippen LogP contribution is -2.53. The van der Waals surface area contributed by atoms with Gasteiger partial charge in [-0.3, -0.25) is 10.1 Å². The monoisotopic (exact) mass is 335 g/mol. The van der Waals surface area contributed by atoms with E-state index in [1.54, 1.807) is 17.0 Å². The number of nitrogens with one attached hydrogen (secondary N) is 1. The molecule has 1 aromatic carbocycles. The molecule has 2 aromatic rings. The molecular weight excluding hydrogens is 316 g/mol. The zero-order valence-corrected chi connectivity index (χ0v) is 14.0. The first-order valence-corrected chi connectivity index (χ1v) is 7.90. The molecule has 6 heteroatoms. The predicted octanol–water partition coefficient (Wildman–Crippen LogP) is 1.79. The summed E-state index contributed by atoms with van der Waals surface area (Å²) in [6.45, 7) is 0. The number of aliphatic hydroxyl groups is 1. The highest BCUT2D eigenvalue weighted by atomic mass is 16.3. The summed E-state index contributed by atoms with van der Waals surface area (Å²) in [6, 6.07) is 14.5. The van der Waals surface area contributed by atoms with Gasteiger partial charge in [-0.15, -0.1) is 0 Å². The molecule has 0 unspecified atom stereocenters. The Morgan fingerprint density at radius 1 is 1.16 bits per heavy atom. The Morgan fingerprint density at radius 3 is 2.36 bits per heavy atom. The maximum absolute atomic E-state index is 12.6. The fraction of sp³-hybridized carbons (Fsp3) is 0.211. The highest BCUT2D eigenvalue weighted by molar-refractivity contribution is 5.84. The van der Waals surface area contributed by atoms with Crippen LogP contribution in [0.15, 0.2) is 66.3 Å². The summed E-state index contributed by atoms with van der Waals surface area (Å²) in [5.41, 5.74) is 1.96. The van der Waals surface area contributed by atoms with Crippen LogP contribution in [0.2, 0.25) is 0 Å². The van der Waals surface area contributed by atoms with Crippen LogP contribution < -0.4 is 14.8 Å². The molecule has 6 nitrogen and oxygen atoms in total. The number of benzene rings is 1. The van der Waals surface area contributed by atoms with Gasteiger partial charge in [-0.2, -0.15) is 9.83 Å². The van der Waals surface area contributed by atoms with E-state index < -0.39 is 12.0 Å². The molecule has 1 aromatic heterocycles. The Balaban J connectivity index is 2.13. The number of hydrogen-bond donors (Lipinski definition) is 2. The fourth-order valence-corrected chi connectivity index (χ4v) is 3.07. The highest BCUT2D eigenvalue weighted by Crippen LogP contribution is 2.36. The molecule has 2 N–H and O–H groups in total. The molecule has 1 aliphatic heterocycles. The molecule has 0 aliphatic carbocycles. The van der Waals surface area contributed by atoms with E-state index in [0.29, 0.717) is 0 Å². The molecular formula is C19H19N4O2+. The van der Waals surface area contributed by atoms with Crippen molar-refractivity contribution in [2.75, 3.05) is 19.0 Å². The van der Waals surface area contributed by atoms with Gasteiger partial charge in [0, 0.05) is 31.9 Å². The van der Waals surface area contributed by atoms with Crippen LogP contribution in [-0.4, -0.2) is 25.1 Å². The molecule has 3 rings (SSSR count). The van der Waals surface area contributed by atoms with Gasteiger partial charge >= 0.3 is 0 Å². The maximum atomic E-state index is 12.6. The van der Waals surface area contributed by atoms with Crippen molar-refractivity contribution in [3.05, 3.63) is 71.9 Å². The van der Waals surface area contributed by atoms with Crippen molar-refractivity contribution in [2.24, 2.45) is 0 Å². The Labute approximate surface area is 146 Å². The molecule has 0 radical (unpaired) electrons. The molecule has 2 heterocycles. The van der Waals surface area contributed by atoms with E-state index in [4.69, 9.17) is 0 Å². The number of carbonyl (C=O) groups excluding carboxylic acids is 1. The summed E-state index contributed by atoms with van der Waals surface area (Å²) in [5, 5.41) is 22.0. The standard InChI is InChI=1S/C19H18N4O2/c1-22(2)14-8-6-13(7-9-14)16-15(12-20)18(24)21-19(25)17(16)23-10-4-3-5-11-23/h3-11,16-17H,1-2H3,(H-,21,24,25)/p+1/t16-,17-/m1/s1. The average molecular weight is 335 g/mol. The van der Waals surface area contributed by atoms with Crippen LogP contribution in [0.3, 0.4) is 0 Å². The topological polar surface area (TPSA) is 80.2 Å². The predicted molar refractivity (Wildman–Crippen MR) is 92.6 cm³/mol. The van der Waals surface area contributed by atoms with E-state index in [1.807, 2.05) is 61.5 Å². The Morgan fingerprint density at radius 2 is 1.80 bits per heavy atom. The minimum atomic E-state index is -0.656. The van der Waals surface area contributed by atoms with E-state index in [9.17, 15) is 15.2 Å². The second kappa shape index (κ2) is 6.65. The van der Waals surface area contributed by atoms with Gasteiger partial charge in [0.25, 0.3) is 5.91 Å². The van der Waals surface area contributed by atoms with Crippen molar-refractivity contribution >= 4 is 11.6 Å². The molecule has 0 spiro atoms. The number of hydrogen-bond acceptors (Lipinski definition) is 4. The lowest BCUT2D eigenvalue weighted by atomic mass is 9.82. The summed E-state index contributed by atoms with van der Waals surface area (Å²) in [5.74, 6) is -1.29. The summed E-state index contributed by atoms with van der Waals surface area (Å²) in [7, 11) is 3.89. The Kier molecular flexibility index (Phi) is 4.40. The third-order valence-electron chi connectivity index (χ3n) is 4.34. The van der Waals surface area contributed by atoms with Gasteiger partial charge < -0.3 is 10.0 Å². The van der Waals surface area contributed by atoms with E-state index in [-0.39, 0.29) is 17.4 Å². The van der Waals surface area contributed by atoms with E-state index >= 15 is 0 Å².